The minimum absolute atomic E-state index is 0.121. The molecule has 0 unspecified atom stereocenters. The highest BCUT2D eigenvalue weighted by molar-refractivity contribution is 5.93. The van der Waals surface area contributed by atoms with Gasteiger partial charge >= 0.3 is 0 Å². The van der Waals surface area contributed by atoms with E-state index in [1.165, 1.54) is 23.1 Å². The van der Waals surface area contributed by atoms with Crippen LogP contribution in [0.5, 0.6) is 0 Å². The molecule has 6 heteroatoms. The minimum Gasteiger partial charge on any atom is -0.396 e. The molecule has 0 aliphatic heterocycles. The Morgan fingerprint density at radius 1 is 1.39 bits per heavy atom. The summed E-state index contributed by atoms with van der Waals surface area (Å²) >= 11 is 0. The zero-order valence-electron chi connectivity index (χ0n) is 13.4. The van der Waals surface area contributed by atoms with Crippen LogP contribution in [-0.2, 0) is 0 Å². The second-order valence-corrected chi connectivity index (χ2v) is 6.31. The molecule has 2 N–H and O–H groups in total. The summed E-state index contributed by atoms with van der Waals surface area (Å²) < 4.78 is 15.0. The molecule has 0 aliphatic rings. The Morgan fingerprint density at radius 3 is 2.83 bits per heavy atom. The maximum atomic E-state index is 13.7. The number of halogens is 1. The van der Waals surface area contributed by atoms with Gasteiger partial charge in [-0.3, -0.25) is 4.79 Å². The summed E-state index contributed by atoms with van der Waals surface area (Å²) in [5, 5.41) is 16.0. The number of hydrogen-bond donors (Lipinski definition) is 2. The Morgan fingerprint density at radius 2 is 2.13 bits per heavy atom. The normalized spacial score (nSPS) is 11.5. The number of para-hydroxylation sites is 1. The van der Waals surface area contributed by atoms with Crippen molar-refractivity contribution in [1.29, 1.82) is 0 Å². The van der Waals surface area contributed by atoms with Gasteiger partial charge in [0.25, 0.3) is 5.91 Å². The van der Waals surface area contributed by atoms with E-state index < -0.39 is 5.82 Å². The van der Waals surface area contributed by atoms with Crippen LogP contribution in [0.4, 0.5) is 4.39 Å². The lowest BCUT2D eigenvalue weighted by Crippen LogP contribution is -2.26. The topological polar surface area (TPSA) is 67.2 Å². The number of benzene rings is 1. The van der Waals surface area contributed by atoms with E-state index in [2.05, 4.69) is 10.4 Å². The number of hydrogen-bond acceptors (Lipinski definition) is 3. The molecule has 2 aromatic rings. The zero-order valence-corrected chi connectivity index (χ0v) is 13.4. The lowest BCUT2D eigenvalue weighted by Gasteiger charge is -2.21. The van der Waals surface area contributed by atoms with Gasteiger partial charge in [-0.25, -0.2) is 9.07 Å². The van der Waals surface area contributed by atoms with Gasteiger partial charge in [0.1, 0.15) is 11.5 Å². The largest absolute Gasteiger partial charge is 0.396 e. The van der Waals surface area contributed by atoms with Crippen molar-refractivity contribution in [3.8, 4) is 5.69 Å². The molecule has 2 rings (SSSR count). The van der Waals surface area contributed by atoms with Gasteiger partial charge < -0.3 is 10.4 Å². The van der Waals surface area contributed by atoms with Crippen LogP contribution in [0.2, 0.25) is 0 Å². The number of amides is 1. The number of aromatic nitrogens is 2. The van der Waals surface area contributed by atoms with Gasteiger partial charge in [-0.05, 0) is 30.4 Å². The third-order valence-corrected chi connectivity index (χ3v) is 3.69. The molecule has 124 valence electrons. The average Bonchev–Trinajstić information content (AvgIpc) is 3.01. The van der Waals surface area contributed by atoms with Crippen molar-refractivity contribution in [2.75, 3.05) is 13.2 Å². The summed E-state index contributed by atoms with van der Waals surface area (Å²) in [5.74, 6) is -0.636. The van der Waals surface area contributed by atoms with E-state index >= 15 is 0 Å². The first-order valence-electron chi connectivity index (χ1n) is 7.61. The van der Waals surface area contributed by atoms with Crippen molar-refractivity contribution in [2.24, 2.45) is 5.41 Å². The maximum Gasteiger partial charge on any atom is 0.254 e. The molecule has 1 aromatic heterocycles. The summed E-state index contributed by atoms with van der Waals surface area (Å²) in [4.78, 5) is 12.1. The lowest BCUT2D eigenvalue weighted by atomic mass is 9.89. The maximum absolute atomic E-state index is 13.7. The third-order valence-electron chi connectivity index (χ3n) is 3.69. The van der Waals surface area contributed by atoms with E-state index in [-0.39, 0.29) is 17.9 Å². The highest BCUT2D eigenvalue weighted by atomic mass is 19.1. The van der Waals surface area contributed by atoms with Crippen molar-refractivity contribution in [2.45, 2.75) is 26.7 Å². The third kappa shape index (κ3) is 4.63. The molecule has 0 saturated carbocycles. The molecule has 0 fully saturated rings. The van der Waals surface area contributed by atoms with Gasteiger partial charge in [-0.1, -0.05) is 26.0 Å². The molecule has 5 nitrogen and oxygen atoms in total. The highest BCUT2D eigenvalue weighted by Crippen LogP contribution is 2.20. The fourth-order valence-corrected chi connectivity index (χ4v) is 2.16. The Kier molecular flexibility index (Phi) is 5.50. The van der Waals surface area contributed by atoms with Crippen molar-refractivity contribution in [1.82, 2.24) is 15.1 Å². The van der Waals surface area contributed by atoms with E-state index in [1.54, 1.807) is 18.2 Å². The predicted molar refractivity (Wildman–Crippen MR) is 86.0 cm³/mol. The van der Waals surface area contributed by atoms with E-state index in [9.17, 15) is 14.3 Å². The second kappa shape index (κ2) is 7.37. The summed E-state index contributed by atoms with van der Waals surface area (Å²) in [6.45, 7) is 4.60. The number of rotatable bonds is 7. The van der Waals surface area contributed by atoms with Crippen LogP contribution in [0.15, 0.2) is 36.7 Å². The van der Waals surface area contributed by atoms with Crippen LogP contribution < -0.4 is 5.32 Å². The molecule has 0 spiro atoms. The summed E-state index contributed by atoms with van der Waals surface area (Å²) in [7, 11) is 0. The van der Waals surface area contributed by atoms with Gasteiger partial charge in [-0.2, -0.15) is 5.10 Å². The number of nitrogens with one attached hydrogen (secondary N) is 1. The minimum atomic E-state index is -0.395. The Bertz CT molecular complexity index is 667. The van der Waals surface area contributed by atoms with Crippen molar-refractivity contribution >= 4 is 5.91 Å². The Labute approximate surface area is 135 Å². The molecule has 0 atom stereocenters. The molecule has 0 bridgehead atoms. The summed E-state index contributed by atoms with van der Waals surface area (Å²) in [6.07, 6.45) is 4.52. The Hall–Kier alpha value is -2.21. The number of aliphatic hydroxyl groups excluding tert-OH is 1. The molecule has 0 aliphatic carbocycles. The van der Waals surface area contributed by atoms with Crippen molar-refractivity contribution < 1.29 is 14.3 Å². The van der Waals surface area contributed by atoms with Crippen LogP contribution in [0.25, 0.3) is 5.69 Å². The Balaban J connectivity index is 1.91. The molecule has 1 heterocycles. The lowest BCUT2D eigenvalue weighted by molar-refractivity contribution is 0.0948. The van der Waals surface area contributed by atoms with Gasteiger partial charge in [0.05, 0.1) is 11.8 Å². The van der Waals surface area contributed by atoms with Gasteiger partial charge in [0, 0.05) is 19.3 Å². The predicted octanol–water partition coefficient (Wildman–Crippen LogP) is 2.54. The second-order valence-electron chi connectivity index (χ2n) is 6.31. The van der Waals surface area contributed by atoms with E-state index in [4.69, 9.17) is 0 Å². The van der Waals surface area contributed by atoms with E-state index in [1.807, 2.05) is 13.8 Å². The van der Waals surface area contributed by atoms with Gasteiger partial charge in [0.15, 0.2) is 0 Å². The molecular formula is C17H22FN3O2. The SMILES string of the molecule is CC(C)(CO)CCCNC(=O)c1cnn(-c2ccccc2F)c1. The number of carbonyl (C=O) groups is 1. The quantitative estimate of drug-likeness (QED) is 0.771. The highest BCUT2D eigenvalue weighted by Gasteiger charge is 2.16. The van der Waals surface area contributed by atoms with Crippen LogP contribution in [0.3, 0.4) is 0 Å². The summed E-state index contributed by atoms with van der Waals surface area (Å²) in [6, 6.07) is 6.26. The number of nitrogens with zero attached hydrogens (tertiary/aromatic N) is 2. The van der Waals surface area contributed by atoms with Crippen LogP contribution >= 0.6 is 0 Å². The molecule has 1 aromatic carbocycles. The molecule has 23 heavy (non-hydrogen) atoms. The molecule has 0 radical (unpaired) electrons. The van der Waals surface area contributed by atoms with E-state index in [0.717, 1.165) is 12.8 Å². The van der Waals surface area contributed by atoms with Crippen LogP contribution in [0.1, 0.15) is 37.0 Å². The van der Waals surface area contributed by atoms with Gasteiger partial charge in [-0.15, -0.1) is 0 Å². The van der Waals surface area contributed by atoms with Crippen molar-refractivity contribution in [3.05, 3.63) is 48.0 Å². The average molecular weight is 319 g/mol. The standard InChI is InChI=1S/C17H22FN3O2/c1-17(2,12-22)8-5-9-19-16(23)13-10-20-21(11-13)15-7-4-3-6-14(15)18/h3-4,6-7,10-11,22H,5,8-9,12H2,1-2H3,(H,19,23). The van der Waals surface area contributed by atoms with Gasteiger partial charge in [0.2, 0.25) is 0 Å². The first kappa shape index (κ1) is 17.1. The van der Waals surface area contributed by atoms with Crippen LogP contribution in [0, 0.1) is 11.2 Å². The fourth-order valence-electron chi connectivity index (χ4n) is 2.16. The smallest absolute Gasteiger partial charge is 0.254 e. The van der Waals surface area contributed by atoms with Crippen LogP contribution in [-0.4, -0.2) is 33.9 Å². The zero-order chi connectivity index (χ0) is 16.9. The van der Waals surface area contributed by atoms with E-state index in [0.29, 0.717) is 17.8 Å². The fraction of sp³-hybridized carbons (Fsp3) is 0.412. The monoisotopic (exact) mass is 319 g/mol. The molecule has 0 saturated heterocycles. The number of aliphatic hydroxyl groups is 1. The summed E-state index contributed by atoms with van der Waals surface area (Å²) in [5.41, 5.74) is 0.548. The van der Waals surface area contributed by atoms with Crippen molar-refractivity contribution in [3.63, 3.8) is 0 Å². The first-order valence-corrected chi connectivity index (χ1v) is 7.61. The molecule has 1 amide bonds. The molecular weight excluding hydrogens is 297 g/mol. The first-order chi connectivity index (χ1) is 10.9. The number of carbonyl (C=O) groups excluding carboxylic acids is 1.